The van der Waals surface area contributed by atoms with Crippen molar-refractivity contribution in [2.24, 2.45) is 5.92 Å². The number of hydrogen-bond acceptors (Lipinski definition) is 3. The summed E-state index contributed by atoms with van der Waals surface area (Å²) in [6.45, 7) is 0.457. The molecule has 0 atom stereocenters. The molecule has 2 aromatic carbocycles. The molecule has 5 heteroatoms. The van der Waals surface area contributed by atoms with Crippen LogP contribution in [0.2, 0.25) is 0 Å². The van der Waals surface area contributed by atoms with Gasteiger partial charge >= 0.3 is 5.97 Å². The van der Waals surface area contributed by atoms with Crippen LogP contribution >= 0.6 is 0 Å². The van der Waals surface area contributed by atoms with Crippen molar-refractivity contribution in [3.8, 4) is 5.75 Å². The second kappa shape index (κ2) is 9.21. The lowest BCUT2D eigenvalue weighted by Gasteiger charge is -2.27. The van der Waals surface area contributed by atoms with Crippen LogP contribution in [0.1, 0.15) is 36.8 Å². The second-order valence-electron chi connectivity index (χ2n) is 7.01. The van der Waals surface area contributed by atoms with Gasteiger partial charge in [0, 0.05) is 11.6 Å². The largest absolute Gasteiger partial charge is 0.489 e. The molecule has 1 fully saturated rings. The number of benzene rings is 2. The summed E-state index contributed by atoms with van der Waals surface area (Å²) in [4.78, 5) is 23.5. The number of carbonyl (C=O) groups is 2. The Morgan fingerprint density at radius 3 is 2.33 bits per heavy atom. The molecule has 5 nitrogen and oxygen atoms in total. The third-order valence-electron chi connectivity index (χ3n) is 5.00. The van der Waals surface area contributed by atoms with Gasteiger partial charge in [0.05, 0.1) is 12.3 Å². The Labute approximate surface area is 159 Å². The quantitative estimate of drug-likeness (QED) is 0.784. The summed E-state index contributed by atoms with van der Waals surface area (Å²) in [5.74, 6) is -0.342. The third-order valence-corrected chi connectivity index (χ3v) is 5.00. The number of carbonyl (C=O) groups excluding carboxylic acids is 1. The van der Waals surface area contributed by atoms with Crippen molar-refractivity contribution in [2.45, 2.75) is 44.8 Å². The first-order valence-electron chi connectivity index (χ1n) is 9.38. The van der Waals surface area contributed by atoms with Crippen LogP contribution in [0.4, 0.5) is 0 Å². The number of para-hydroxylation sites is 1. The third kappa shape index (κ3) is 5.58. The van der Waals surface area contributed by atoms with Gasteiger partial charge in [-0.2, -0.15) is 0 Å². The van der Waals surface area contributed by atoms with E-state index in [-0.39, 0.29) is 24.3 Å². The van der Waals surface area contributed by atoms with Crippen molar-refractivity contribution in [3.63, 3.8) is 0 Å². The SMILES string of the molecule is O=C(Cc1ccccc1OCc1ccccc1)NC1CCC(C(=O)O)CC1. The van der Waals surface area contributed by atoms with Crippen molar-refractivity contribution in [2.75, 3.05) is 0 Å². The minimum Gasteiger partial charge on any atom is -0.489 e. The summed E-state index contributed by atoms with van der Waals surface area (Å²) in [6.07, 6.45) is 2.93. The van der Waals surface area contributed by atoms with E-state index in [2.05, 4.69) is 5.32 Å². The van der Waals surface area contributed by atoms with Crippen molar-refractivity contribution in [1.82, 2.24) is 5.32 Å². The molecule has 0 saturated heterocycles. The lowest BCUT2D eigenvalue weighted by Crippen LogP contribution is -2.39. The van der Waals surface area contributed by atoms with Crippen molar-refractivity contribution < 1.29 is 19.4 Å². The van der Waals surface area contributed by atoms with Crippen LogP contribution in [-0.4, -0.2) is 23.0 Å². The molecule has 0 unspecified atom stereocenters. The number of carboxylic acid groups (broad SMARTS) is 1. The Kier molecular flexibility index (Phi) is 6.47. The Hall–Kier alpha value is -2.82. The van der Waals surface area contributed by atoms with Crippen LogP contribution in [0.5, 0.6) is 5.75 Å². The summed E-state index contributed by atoms with van der Waals surface area (Å²) in [5, 5.41) is 12.1. The zero-order valence-corrected chi connectivity index (χ0v) is 15.3. The predicted octanol–water partition coefficient (Wildman–Crippen LogP) is 3.57. The normalized spacial score (nSPS) is 19.3. The van der Waals surface area contributed by atoms with Gasteiger partial charge in [0.2, 0.25) is 5.91 Å². The molecule has 3 rings (SSSR count). The molecule has 1 amide bonds. The molecular weight excluding hydrogens is 342 g/mol. The highest BCUT2D eigenvalue weighted by molar-refractivity contribution is 5.79. The van der Waals surface area contributed by atoms with E-state index in [0.29, 0.717) is 25.2 Å². The van der Waals surface area contributed by atoms with Crippen LogP contribution in [0.3, 0.4) is 0 Å². The standard InChI is InChI=1S/C22H25NO4/c24-21(23-19-12-10-17(11-13-19)22(25)26)14-18-8-4-5-9-20(18)27-15-16-6-2-1-3-7-16/h1-9,17,19H,10-15H2,(H,23,24)(H,25,26). The molecule has 142 valence electrons. The van der Waals surface area contributed by atoms with Gasteiger partial charge in [-0.3, -0.25) is 9.59 Å². The number of amides is 1. The van der Waals surface area contributed by atoms with Gasteiger partial charge in [-0.1, -0.05) is 48.5 Å². The van der Waals surface area contributed by atoms with Crippen molar-refractivity contribution in [3.05, 3.63) is 65.7 Å². The zero-order valence-electron chi connectivity index (χ0n) is 15.3. The highest BCUT2D eigenvalue weighted by atomic mass is 16.5. The first kappa shape index (κ1) is 19.0. The van der Waals surface area contributed by atoms with E-state index in [1.807, 2.05) is 54.6 Å². The predicted molar refractivity (Wildman–Crippen MR) is 102 cm³/mol. The lowest BCUT2D eigenvalue weighted by atomic mass is 9.86. The van der Waals surface area contributed by atoms with Crippen LogP contribution < -0.4 is 10.1 Å². The summed E-state index contributed by atoms with van der Waals surface area (Å²) in [7, 11) is 0. The van der Waals surface area contributed by atoms with Gasteiger partial charge < -0.3 is 15.2 Å². The minimum atomic E-state index is -0.732. The van der Waals surface area contributed by atoms with E-state index in [4.69, 9.17) is 9.84 Å². The highest BCUT2D eigenvalue weighted by Gasteiger charge is 2.26. The zero-order chi connectivity index (χ0) is 19.1. The summed E-state index contributed by atoms with van der Waals surface area (Å²) < 4.78 is 5.91. The molecule has 0 aliphatic heterocycles. The van der Waals surface area contributed by atoms with E-state index in [1.165, 1.54) is 0 Å². The van der Waals surface area contributed by atoms with Gasteiger partial charge in [0.15, 0.2) is 0 Å². The number of ether oxygens (including phenoxy) is 1. The lowest BCUT2D eigenvalue weighted by molar-refractivity contribution is -0.142. The minimum absolute atomic E-state index is 0.0514. The molecular formula is C22H25NO4. The Morgan fingerprint density at radius 2 is 1.63 bits per heavy atom. The van der Waals surface area contributed by atoms with E-state index >= 15 is 0 Å². The van der Waals surface area contributed by atoms with Gasteiger partial charge in [-0.25, -0.2) is 0 Å². The Balaban J connectivity index is 1.53. The van der Waals surface area contributed by atoms with Crippen LogP contribution in [-0.2, 0) is 22.6 Å². The second-order valence-corrected chi connectivity index (χ2v) is 7.01. The molecule has 1 aliphatic carbocycles. The van der Waals surface area contributed by atoms with Gasteiger partial charge in [-0.15, -0.1) is 0 Å². The van der Waals surface area contributed by atoms with Gasteiger partial charge in [0.25, 0.3) is 0 Å². The van der Waals surface area contributed by atoms with Crippen LogP contribution in [0.15, 0.2) is 54.6 Å². The maximum absolute atomic E-state index is 12.4. The maximum atomic E-state index is 12.4. The van der Waals surface area contributed by atoms with E-state index in [0.717, 1.165) is 24.0 Å². The number of hydrogen-bond donors (Lipinski definition) is 2. The molecule has 0 radical (unpaired) electrons. The average molecular weight is 367 g/mol. The van der Waals surface area contributed by atoms with Crippen molar-refractivity contribution in [1.29, 1.82) is 0 Å². The molecule has 27 heavy (non-hydrogen) atoms. The smallest absolute Gasteiger partial charge is 0.306 e. The molecule has 2 N–H and O–H groups in total. The van der Waals surface area contributed by atoms with Crippen LogP contribution in [0.25, 0.3) is 0 Å². The molecule has 0 heterocycles. The summed E-state index contributed by atoms with van der Waals surface area (Å²) in [6, 6.07) is 17.5. The monoisotopic (exact) mass is 367 g/mol. The van der Waals surface area contributed by atoms with Gasteiger partial charge in [0.1, 0.15) is 12.4 Å². The van der Waals surface area contributed by atoms with E-state index < -0.39 is 5.97 Å². The molecule has 0 bridgehead atoms. The summed E-state index contributed by atoms with van der Waals surface area (Å²) >= 11 is 0. The molecule has 0 spiro atoms. The van der Waals surface area contributed by atoms with Gasteiger partial charge in [-0.05, 0) is 37.3 Å². The number of rotatable bonds is 7. The van der Waals surface area contributed by atoms with E-state index in [9.17, 15) is 9.59 Å². The number of aliphatic carboxylic acids is 1. The number of carboxylic acids is 1. The topological polar surface area (TPSA) is 75.6 Å². The molecule has 2 aromatic rings. The fraction of sp³-hybridized carbons (Fsp3) is 0.364. The average Bonchev–Trinajstić information content (AvgIpc) is 2.68. The molecule has 1 saturated carbocycles. The fourth-order valence-electron chi connectivity index (χ4n) is 3.46. The first-order chi connectivity index (χ1) is 13.1. The van der Waals surface area contributed by atoms with Crippen molar-refractivity contribution >= 4 is 11.9 Å². The highest BCUT2D eigenvalue weighted by Crippen LogP contribution is 2.25. The first-order valence-corrected chi connectivity index (χ1v) is 9.38. The molecule has 0 aromatic heterocycles. The Morgan fingerprint density at radius 1 is 0.963 bits per heavy atom. The Bertz CT molecular complexity index is 767. The summed E-state index contributed by atoms with van der Waals surface area (Å²) in [5.41, 5.74) is 1.93. The maximum Gasteiger partial charge on any atom is 0.306 e. The number of nitrogens with one attached hydrogen (secondary N) is 1. The fourth-order valence-corrected chi connectivity index (χ4v) is 3.46. The van der Waals surface area contributed by atoms with Crippen LogP contribution in [0, 0.1) is 5.92 Å². The van der Waals surface area contributed by atoms with E-state index in [1.54, 1.807) is 0 Å². The molecule has 1 aliphatic rings.